The van der Waals surface area contributed by atoms with Crippen LogP contribution < -0.4 is 5.32 Å². The molecule has 0 saturated carbocycles. The highest BCUT2D eigenvalue weighted by molar-refractivity contribution is 4.60. The van der Waals surface area contributed by atoms with Crippen LogP contribution in [-0.2, 0) is 0 Å². The van der Waals surface area contributed by atoms with E-state index >= 15 is 0 Å². The quantitative estimate of drug-likeness (QED) is 0.502. The Labute approximate surface area is 102 Å². The zero-order valence-electron chi connectivity index (χ0n) is 11.3. The lowest BCUT2D eigenvalue weighted by Crippen LogP contribution is -2.26. The molecule has 2 nitrogen and oxygen atoms in total. The van der Waals surface area contributed by atoms with Gasteiger partial charge in [-0.15, -0.1) is 0 Å². The summed E-state index contributed by atoms with van der Waals surface area (Å²) in [4.78, 5) is 0. The second-order valence-corrected chi connectivity index (χ2v) is 4.84. The predicted octanol–water partition coefficient (Wildman–Crippen LogP) is 3.49. The fourth-order valence-corrected chi connectivity index (χ4v) is 1.92. The maximum atomic E-state index is 8.64. The third-order valence-corrected chi connectivity index (χ3v) is 3.07. The van der Waals surface area contributed by atoms with Crippen molar-refractivity contribution in [3.63, 3.8) is 0 Å². The summed E-state index contributed by atoms with van der Waals surface area (Å²) in [6.45, 7) is 5.99. The SMILES string of the molecule is CCCCCCCC(C)NCCCCCO. The molecule has 2 heteroatoms. The van der Waals surface area contributed by atoms with Crippen LogP contribution >= 0.6 is 0 Å². The molecule has 2 N–H and O–H groups in total. The molecule has 0 aliphatic carbocycles. The molecule has 0 fully saturated rings. The maximum absolute atomic E-state index is 8.64. The van der Waals surface area contributed by atoms with Crippen molar-refractivity contribution in [2.45, 2.75) is 77.7 Å². The first-order valence-electron chi connectivity index (χ1n) is 7.15. The number of nitrogens with one attached hydrogen (secondary N) is 1. The fourth-order valence-electron chi connectivity index (χ4n) is 1.92. The molecular weight excluding hydrogens is 198 g/mol. The molecule has 0 aliphatic heterocycles. The topological polar surface area (TPSA) is 32.3 Å². The monoisotopic (exact) mass is 229 g/mol. The Morgan fingerprint density at radius 3 is 2.31 bits per heavy atom. The normalized spacial score (nSPS) is 12.9. The molecule has 16 heavy (non-hydrogen) atoms. The summed E-state index contributed by atoms with van der Waals surface area (Å²) >= 11 is 0. The second-order valence-electron chi connectivity index (χ2n) is 4.84. The van der Waals surface area contributed by atoms with Gasteiger partial charge in [-0.25, -0.2) is 0 Å². The first-order chi connectivity index (χ1) is 7.81. The molecule has 98 valence electrons. The Kier molecular flexibility index (Phi) is 12.9. The average molecular weight is 229 g/mol. The molecule has 0 spiro atoms. The minimum Gasteiger partial charge on any atom is -0.396 e. The molecule has 0 radical (unpaired) electrons. The van der Waals surface area contributed by atoms with Crippen molar-refractivity contribution in [1.29, 1.82) is 0 Å². The summed E-state index contributed by atoms with van der Waals surface area (Å²) in [6, 6.07) is 0.663. The van der Waals surface area contributed by atoms with Crippen LogP contribution in [0.5, 0.6) is 0 Å². The average Bonchev–Trinajstić information content (AvgIpc) is 2.28. The molecule has 0 saturated heterocycles. The van der Waals surface area contributed by atoms with E-state index < -0.39 is 0 Å². The maximum Gasteiger partial charge on any atom is 0.0431 e. The van der Waals surface area contributed by atoms with Crippen molar-refractivity contribution >= 4 is 0 Å². The Balaban J connectivity index is 3.09. The van der Waals surface area contributed by atoms with Gasteiger partial charge in [0.15, 0.2) is 0 Å². The zero-order chi connectivity index (χ0) is 12.1. The van der Waals surface area contributed by atoms with Crippen LogP contribution in [0.1, 0.15) is 71.6 Å². The molecule has 0 amide bonds. The van der Waals surface area contributed by atoms with E-state index in [1.807, 2.05) is 0 Å². The molecular formula is C14H31NO. The summed E-state index contributed by atoms with van der Waals surface area (Å²) in [5.41, 5.74) is 0. The highest BCUT2D eigenvalue weighted by Crippen LogP contribution is 2.07. The van der Waals surface area contributed by atoms with Gasteiger partial charge in [-0.1, -0.05) is 39.0 Å². The summed E-state index contributed by atoms with van der Waals surface area (Å²) in [5, 5.41) is 12.2. The van der Waals surface area contributed by atoms with Crippen molar-refractivity contribution in [2.75, 3.05) is 13.2 Å². The molecule has 0 rings (SSSR count). The summed E-state index contributed by atoms with van der Waals surface area (Å²) in [6.07, 6.45) is 11.5. The number of rotatable bonds is 12. The van der Waals surface area contributed by atoms with Gasteiger partial charge in [0.25, 0.3) is 0 Å². The van der Waals surface area contributed by atoms with Crippen LogP contribution in [-0.4, -0.2) is 24.3 Å². The molecule has 1 atom stereocenters. The van der Waals surface area contributed by atoms with Crippen molar-refractivity contribution in [1.82, 2.24) is 5.32 Å². The van der Waals surface area contributed by atoms with Gasteiger partial charge in [0.05, 0.1) is 0 Å². The van der Waals surface area contributed by atoms with Gasteiger partial charge < -0.3 is 10.4 Å². The van der Waals surface area contributed by atoms with Gasteiger partial charge in [0.2, 0.25) is 0 Å². The van der Waals surface area contributed by atoms with E-state index in [-0.39, 0.29) is 0 Å². The molecule has 0 bridgehead atoms. The fraction of sp³-hybridized carbons (Fsp3) is 1.00. The van der Waals surface area contributed by atoms with E-state index in [2.05, 4.69) is 19.2 Å². The minimum atomic E-state index is 0.340. The number of hydrogen-bond donors (Lipinski definition) is 2. The zero-order valence-corrected chi connectivity index (χ0v) is 11.3. The Bertz CT molecular complexity index is 114. The standard InChI is InChI=1S/C14H31NO/c1-3-4-5-6-8-11-14(2)15-12-9-7-10-13-16/h14-16H,3-13H2,1-2H3. The van der Waals surface area contributed by atoms with E-state index in [1.54, 1.807) is 0 Å². The Hall–Kier alpha value is -0.0800. The Morgan fingerprint density at radius 1 is 0.938 bits per heavy atom. The van der Waals surface area contributed by atoms with Crippen LogP contribution in [0.3, 0.4) is 0 Å². The van der Waals surface area contributed by atoms with Crippen LogP contribution in [0.2, 0.25) is 0 Å². The van der Waals surface area contributed by atoms with Crippen LogP contribution in [0.4, 0.5) is 0 Å². The lowest BCUT2D eigenvalue weighted by atomic mass is 10.1. The van der Waals surface area contributed by atoms with Gasteiger partial charge in [-0.2, -0.15) is 0 Å². The van der Waals surface area contributed by atoms with Crippen molar-refractivity contribution < 1.29 is 5.11 Å². The van der Waals surface area contributed by atoms with Crippen molar-refractivity contribution in [2.24, 2.45) is 0 Å². The first kappa shape index (κ1) is 15.9. The summed E-state index contributed by atoms with van der Waals surface area (Å²) < 4.78 is 0. The van der Waals surface area contributed by atoms with E-state index in [0.29, 0.717) is 12.6 Å². The number of hydrogen-bond acceptors (Lipinski definition) is 2. The van der Waals surface area contributed by atoms with Gasteiger partial charge in [0.1, 0.15) is 0 Å². The summed E-state index contributed by atoms with van der Waals surface area (Å²) in [5.74, 6) is 0. The van der Waals surface area contributed by atoms with Gasteiger partial charge in [-0.3, -0.25) is 0 Å². The third kappa shape index (κ3) is 12.0. The molecule has 0 aromatic rings. The Morgan fingerprint density at radius 2 is 1.62 bits per heavy atom. The molecule has 0 aliphatic rings. The smallest absolute Gasteiger partial charge is 0.0431 e. The molecule has 0 aromatic carbocycles. The number of aliphatic hydroxyl groups excluding tert-OH is 1. The highest BCUT2D eigenvalue weighted by atomic mass is 16.2. The molecule has 1 unspecified atom stereocenters. The van der Waals surface area contributed by atoms with E-state index in [4.69, 9.17) is 5.11 Å². The second kappa shape index (κ2) is 13.0. The minimum absolute atomic E-state index is 0.340. The van der Waals surface area contributed by atoms with Crippen molar-refractivity contribution in [3.8, 4) is 0 Å². The van der Waals surface area contributed by atoms with Crippen molar-refractivity contribution in [3.05, 3.63) is 0 Å². The largest absolute Gasteiger partial charge is 0.396 e. The van der Waals surface area contributed by atoms with Gasteiger partial charge in [-0.05, 0) is 39.2 Å². The number of aliphatic hydroxyl groups is 1. The van der Waals surface area contributed by atoms with Crippen LogP contribution in [0, 0.1) is 0 Å². The summed E-state index contributed by atoms with van der Waals surface area (Å²) in [7, 11) is 0. The van der Waals surface area contributed by atoms with E-state index in [1.165, 1.54) is 44.9 Å². The number of unbranched alkanes of at least 4 members (excludes halogenated alkanes) is 6. The highest BCUT2D eigenvalue weighted by Gasteiger charge is 2.00. The lowest BCUT2D eigenvalue weighted by molar-refractivity contribution is 0.282. The molecule has 0 aromatic heterocycles. The molecule has 0 heterocycles. The van der Waals surface area contributed by atoms with Crippen LogP contribution in [0.25, 0.3) is 0 Å². The predicted molar refractivity (Wildman–Crippen MR) is 71.8 cm³/mol. The van der Waals surface area contributed by atoms with E-state index in [0.717, 1.165) is 19.4 Å². The van der Waals surface area contributed by atoms with Gasteiger partial charge >= 0.3 is 0 Å². The third-order valence-electron chi connectivity index (χ3n) is 3.07. The van der Waals surface area contributed by atoms with E-state index in [9.17, 15) is 0 Å². The van der Waals surface area contributed by atoms with Crippen LogP contribution in [0.15, 0.2) is 0 Å². The van der Waals surface area contributed by atoms with Gasteiger partial charge in [0, 0.05) is 12.6 Å². The lowest BCUT2D eigenvalue weighted by Gasteiger charge is -2.13. The first-order valence-corrected chi connectivity index (χ1v) is 7.15.